The van der Waals surface area contributed by atoms with Gasteiger partial charge in [-0.05, 0) is 38.0 Å². The second-order valence-corrected chi connectivity index (χ2v) is 5.73. The van der Waals surface area contributed by atoms with Crippen LogP contribution in [0.3, 0.4) is 0 Å². The molecule has 1 aromatic rings. The first-order chi connectivity index (χ1) is 9.17. The molecular weight excluding hydrogens is 242 g/mol. The summed E-state index contributed by atoms with van der Waals surface area (Å²) in [4.78, 5) is 13.7. The van der Waals surface area contributed by atoms with Crippen LogP contribution in [-0.4, -0.2) is 26.9 Å². The zero-order chi connectivity index (χ0) is 13.4. The minimum Gasteiger partial charge on any atom is -0.350 e. The fraction of sp³-hybridized carbons (Fsp3) is 0.769. The predicted octanol–water partition coefficient (Wildman–Crippen LogP) is 0.288. The highest BCUT2D eigenvalue weighted by molar-refractivity contribution is 5.79. The number of aryl methyl sites for hydroxylation is 1. The molecule has 2 fully saturated rings. The van der Waals surface area contributed by atoms with Gasteiger partial charge >= 0.3 is 0 Å². The zero-order valence-corrected chi connectivity index (χ0v) is 11.2. The standard InChI is InChI=1S/C13H21N5O/c1-2-18-16-7-10(17-18)6-15-13(19)9-3-8-5-12(14)11(8)4-9/h7-9,11-12H,2-6,14H2,1H3,(H,15,19)/t8-,9?,11-,12+/m1/s1. The van der Waals surface area contributed by atoms with Crippen LogP contribution in [0.4, 0.5) is 0 Å². The molecule has 2 saturated carbocycles. The summed E-state index contributed by atoms with van der Waals surface area (Å²) in [6.07, 6.45) is 4.77. The Hall–Kier alpha value is -1.43. The molecule has 1 heterocycles. The Morgan fingerprint density at radius 2 is 2.37 bits per heavy atom. The van der Waals surface area contributed by atoms with Gasteiger partial charge in [-0.15, -0.1) is 0 Å². The van der Waals surface area contributed by atoms with Gasteiger partial charge in [-0.2, -0.15) is 15.0 Å². The van der Waals surface area contributed by atoms with Gasteiger partial charge in [-0.1, -0.05) is 0 Å². The van der Waals surface area contributed by atoms with Gasteiger partial charge in [0.25, 0.3) is 0 Å². The lowest BCUT2D eigenvalue weighted by Crippen LogP contribution is -2.44. The number of nitrogens with one attached hydrogen (secondary N) is 1. The maximum atomic E-state index is 12.1. The fourth-order valence-electron chi connectivity index (χ4n) is 3.38. The SMILES string of the molecule is CCn1ncc(CNC(=O)C2C[C@@H]3C[C@H](N)[C@@H]3C2)n1. The Morgan fingerprint density at radius 1 is 1.53 bits per heavy atom. The molecule has 0 saturated heterocycles. The van der Waals surface area contributed by atoms with Gasteiger partial charge in [-0.3, -0.25) is 4.79 Å². The highest BCUT2D eigenvalue weighted by atomic mass is 16.1. The molecule has 3 N–H and O–H groups in total. The number of amides is 1. The van der Waals surface area contributed by atoms with E-state index in [0.717, 1.165) is 31.5 Å². The van der Waals surface area contributed by atoms with E-state index >= 15 is 0 Å². The summed E-state index contributed by atoms with van der Waals surface area (Å²) in [5.41, 5.74) is 6.77. The normalized spacial score (nSPS) is 32.7. The van der Waals surface area contributed by atoms with E-state index in [1.807, 2.05) is 6.92 Å². The van der Waals surface area contributed by atoms with Crippen LogP contribution in [0.15, 0.2) is 6.20 Å². The third kappa shape index (κ3) is 2.36. The predicted molar refractivity (Wildman–Crippen MR) is 69.8 cm³/mol. The molecule has 4 atom stereocenters. The topological polar surface area (TPSA) is 85.8 Å². The molecule has 0 radical (unpaired) electrons. The van der Waals surface area contributed by atoms with E-state index in [1.54, 1.807) is 11.0 Å². The second kappa shape index (κ2) is 4.92. The molecule has 2 aliphatic rings. The molecule has 2 aliphatic carbocycles. The lowest BCUT2D eigenvalue weighted by molar-refractivity contribution is -0.125. The van der Waals surface area contributed by atoms with Crippen molar-refractivity contribution in [3.63, 3.8) is 0 Å². The van der Waals surface area contributed by atoms with Gasteiger partial charge < -0.3 is 11.1 Å². The molecule has 19 heavy (non-hydrogen) atoms. The van der Waals surface area contributed by atoms with E-state index in [2.05, 4.69) is 15.5 Å². The highest BCUT2D eigenvalue weighted by Gasteiger charge is 2.47. The van der Waals surface area contributed by atoms with Crippen molar-refractivity contribution in [2.45, 2.75) is 45.3 Å². The Morgan fingerprint density at radius 3 is 3.00 bits per heavy atom. The van der Waals surface area contributed by atoms with Gasteiger partial charge in [0.05, 0.1) is 19.3 Å². The first-order valence-electron chi connectivity index (χ1n) is 7.09. The molecule has 6 heteroatoms. The molecular formula is C13H21N5O. The van der Waals surface area contributed by atoms with Crippen molar-refractivity contribution in [1.82, 2.24) is 20.3 Å². The third-order valence-electron chi connectivity index (χ3n) is 4.56. The minimum atomic E-state index is 0.143. The van der Waals surface area contributed by atoms with E-state index in [9.17, 15) is 4.79 Å². The molecule has 0 aromatic carbocycles. The first-order valence-corrected chi connectivity index (χ1v) is 7.09. The quantitative estimate of drug-likeness (QED) is 0.817. The number of aromatic nitrogens is 3. The van der Waals surface area contributed by atoms with E-state index in [-0.39, 0.29) is 11.8 Å². The summed E-state index contributed by atoms with van der Waals surface area (Å²) in [6, 6.07) is 0.326. The zero-order valence-electron chi connectivity index (χ0n) is 11.2. The fourth-order valence-corrected chi connectivity index (χ4v) is 3.38. The number of hydrogen-bond acceptors (Lipinski definition) is 4. The molecule has 1 aromatic heterocycles. The van der Waals surface area contributed by atoms with Crippen LogP contribution in [0.1, 0.15) is 31.9 Å². The Kier molecular flexibility index (Phi) is 3.26. The second-order valence-electron chi connectivity index (χ2n) is 5.73. The Bertz CT molecular complexity index is 471. The van der Waals surface area contributed by atoms with Crippen molar-refractivity contribution < 1.29 is 4.79 Å². The summed E-state index contributed by atoms with van der Waals surface area (Å²) in [5.74, 6) is 1.56. The average molecular weight is 263 g/mol. The molecule has 104 valence electrons. The smallest absolute Gasteiger partial charge is 0.223 e. The molecule has 3 rings (SSSR count). The molecule has 1 amide bonds. The Labute approximate surface area is 112 Å². The van der Waals surface area contributed by atoms with Crippen molar-refractivity contribution in [3.8, 4) is 0 Å². The molecule has 0 bridgehead atoms. The number of fused-ring (bicyclic) bond motifs is 1. The Balaban J connectivity index is 1.49. The van der Waals surface area contributed by atoms with E-state index in [1.165, 1.54) is 0 Å². The van der Waals surface area contributed by atoms with Crippen LogP contribution < -0.4 is 11.1 Å². The van der Waals surface area contributed by atoms with E-state index < -0.39 is 0 Å². The van der Waals surface area contributed by atoms with Crippen LogP contribution in [0.2, 0.25) is 0 Å². The van der Waals surface area contributed by atoms with Gasteiger partial charge in [0.1, 0.15) is 5.69 Å². The summed E-state index contributed by atoms with van der Waals surface area (Å²) in [5, 5.41) is 11.3. The number of nitrogens with two attached hydrogens (primary N) is 1. The molecule has 6 nitrogen and oxygen atoms in total. The minimum absolute atomic E-state index is 0.143. The average Bonchev–Trinajstić information content (AvgIpc) is 2.99. The van der Waals surface area contributed by atoms with Crippen molar-refractivity contribution in [2.75, 3.05) is 0 Å². The third-order valence-corrected chi connectivity index (χ3v) is 4.56. The monoisotopic (exact) mass is 263 g/mol. The maximum Gasteiger partial charge on any atom is 0.223 e. The van der Waals surface area contributed by atoms with Gasteiger partial charge in [-0.25, -0.2) is 0 Å². The summed E-state index contributed by atoms with van der Waals surface area (Å²) in [7, 11) is 0. The van der Waals surface area contributed by atoms with Crippen LogP contribution in [0, 0.1) is 17.8 Å². The summed E-state index contributed by atoms with van der Waals surface area (Å²) >= 11 is 0. The number of rotatable bonds is 4. The number of carbonyl (C=O) groups is 1. The number of nitrogens with zero attached hydrogens (tertiary/aromatic N) is 3. The van der Waals surface area contributed by atoms with Crippen LogP contribution >= 0.6 is 0 Å². The van der Waals surface area contributed by atoms with Crippen molar-refractivity contribution >= 4 is 5.91 Å². The van der Waals surface area contributed by atoms with Crippen LogP contribution in [-0.2, 0) is 17.9 Å². The lowest BCUT2D eigenvalue weighted by atomic mass is 9.72. The maximum absolute atomic E-state index is 12.1. The van der Waals surface area contributed by atoms with Crippen LogP contribution in [0.5, 0.6) is 0 Å². The highest BCUT2D eigenvalue weighted by Crippen LogP contribution is 2.48. The van der Waals surface area contributed by atoms with Crippen molar-refractivity contribution in [1.29, 1.82) is 0 Å². The molecule has 0 aliphatic heterocycles. The number of carbonyl (C=O) groups excluding carboxylic acids is 1. The van der Waals surface area contributed by atoms with E-state index in [0.29, 0.717) is 24.4 Å². The van der Waals surface area contributed by atoms with Crippen molar-refractivity contribution in [3.05, 3.63) is 11.9 Å². The molecule has 0 spiro atoms. The van der Waals surface area contributed by atoms with Crippen LogP contribution in [0.25, 0.3) is 0 Å². The van der Waals surface area contributed by atoms with Gasteiger partial charge in [0.15, 0.2) is 0 Å². The first kappa shape index (κ1) is 12.6. The lowest BCUT2D eigenvalue weighted by Gasteiger charge is -2.37. The summed E-state index contributed by atoms with van der Waals surface area (Å²) in [6.45, 7) is 3.20. The summed E-state index contributed by atoms with van der Waals surface area (Å²) < 4.78 is 0. The van der Waals surface area contributed by atoms with Gasteiger partial charge in [0, 0.05) is 12.0 Å². The molecule has 1 unspecified atom stereocenters. The largest absolute Gasteiger partial charge is 0.350 e. The van der Waals surface area contributed by atoms with Crippen molar-refractivity contribution in [2.24, 2.45) is 23.5 Å². The van der Waals surface area contributed by atoms with Gasteiger partial charge in [0.2, 0.25) is 5.91 Å². The van der Waals surface area contributed by atoms with E-state index in [4.69, 9.17) is 5.73 Å². The number of hydrogen-bond donors (Lipinski definition) is 2.